The molecule has 3 atom stereocenters. The number of anilines is 2. The van der Waals surface area contributed by atoms with Crippen molar-refractivity contribution >= 4 is 23.4 Å². The summed E-state index contributed by atoms with van der Waals surface area (Å²) in [6, 6.07) is 2.05. The van der Waals surface area contributed by atoms with Crippen molar-refractivity contribution in [2.24, 2.45) is 5.41 Å². The summed E-state index contributed by atoms with van der Waals surface area (Å²) >= 11 is 1.46. The lowest BCUT2D eigenvalue weighted by Gasteiger charge is -2.39. The van der Waals surface area contributed by atoms with Crippen LogP contribution in [0.15, 0.2) is 28.4 Å². The zero-order chi connectivity index (χ0) is 24.2. The minimum absolute atomic E-state index is 0.132. The van der Waals surface area contributed by atoms with Crippen LogP contribution < -0.4 is 14.5 Å². The highest BCUT2D eigenvalue weighted by molar-refractivity contribution is 7.99. The number of aliphatic hydroxyl groups is 2. The molecule has 0 bridgehead atoms. The number of rotatable bonds is 4. The summed E-state index contributed by atoms with van der Waals surface area (Å²) in [7, 11) is 0. The van der Waals surface area contributed by atoms with Crippen LogP contribution in [0.3, 0.4) is 0 Å². The first-order valence-corrected chi connectivity index (χ1v) is 13.3. The number of piperidine rings is 1. The number of fused-ring (bicyclic) bond motifs is 3. The van der Waals surface area contributed by atoms with E-state index in [0.29, 0.717) is 41.8 Å². The molecule has 3 fully saturated rings. The molecule has 4 aliphatic heterocycles. The van der Waals surface area contributed by atoms with Crippen LogP contribution in [0.1, 0.15) is 45.2 Å². The van der Waals surface area contributed by atoms with Gasteiger partial charge >= 0.3 is 0 Å². The Bertz CT molecular complexity index is 1110. The molecule has 3 saturated heterocycles. The topological polar surface area (TPSA) is 104 Å². The molecule has 9 nitrogen and oxygen atoms in total. The molecule has 0 aromatic carbocycles. The lowest BCUT2D eigenvalue weighted by molar-refractivity contribution is 0.0783. The molecule has 6 heterocycles. The zero-order valence-electron chi connectivity index (χ0n) is 20.3. The molecule has 0 unspecified atom stereocenters. The van der Waals surface area contributed by atoms with E-state index in [4.69, 9.17) is 19.4 Å². The van der Waals surface area contributed by atoms with Gasteiger partial charge in [0.1, 0.15) is 17.3 Å². The van der Waals surface area contributed by atoms with Crippen LogP contribution in [0, 0.1) is 5.41 Å². The second-order valence-electron chi connectivity index (χ2n) is 10.8. The maximum Gasteiger partial charge on any atom is 0.175 e. The van der Waals surface area contributed by atoms with E-state index in [1.807, 2.05) is 13.0 Å². The molecule has 188 valence electrons. The molecule has 10 heteroatoms. The van der Waals surface area contributed by atoms with Crippen LogP contribution in [0.2, 0.25) is 0 Å². The Balaban J connectivity index is 1.20. The average molecular weight is 500 g/mol. The van der Waals surface area contributed by atoms with Crippen molar-refractivity contribution in [1.29, 1.82) is 0 Å². The Hall–Kier alpha value is -2.14. The molecular weight excluding hydrogens is 466 g/mol. The second-order valence-corrected chi connectivity index (χ2v) is 11.9. The van der Waals surface area contributed by atoms with Crippen molar-refractivity contribution in [3.8, 4) is 5.75 Å². The van der Waals surface area contributed by atoms with Crippen molar-refractivity contribution in [2.75, 3.05) is 42.6 Å². The number of nitrogens with zero attached hydrogens (tertiary/aromatic N) is 5. The third kappa shape index (κ3) is 4.34. The van der Waals surface area contributed by atoms with Gasteiger partial charge in [0.05, 0.1) is 42.1 Å². The second kappa shape index (κ2) is 8.76. The summed E-state index contributed by atoms with van der Waals surface area (Å²) in [6.07, 6.45) is 7.84. The average Bonchev–Trinajstić information content (AvgIpc) is 3.37. The number of hydrogen-bond acceptors (Lipinski definition) is 10. The zero-order valence-corrected chi connectivity index (χ0v) is 21.1. The van der Waals surface area contributed by atoms with E-state index in [9.17, 15) is 10.2 Å². The molecule has 0 saturated carbocycles. The summed E-state index contributed by atoms with van der Waals surface area (Å²) in [5.41, 5.74) is 0.150. The van der Waals surface area contributed by atoms with E-state index >= 15 is 0 Å². The summed E-state index contributed by atoms with van der Waals surface area (Å²) in [4.78, 5) is 19.4. The van der Waals surface area contributed by atoms with Gasteiger partial charge in [-0.15, -0.1) is 0 Å². The van der Waals surface area contributed by atoms with Gasteiger partial charge in [0, 0.05) is 32.3 Å². The summed E-state index contributed by atoms with van der Waals surface area (Å²) in [6.45, 7) is 7.58. The smallest absolute Gasteiger partial charge is 0.175 e. The minimum Gasteiger partial charge on any atom is -0.486 e. The quantitative estimate of drug-likeness (QED) is 0.652. The van der Waals surface area contributed by atoms with Gasteiger partial charge in [-0.05, 0) is 44.6 Å². The molecule has 35 heavy (non-hydrogen) atoms. The third-order valence-corrected chi connectivity index (χ3v) is 8.80. The Morgan fingerprint density at radius 3 is 2.77 bits per heavy atom. The molecule has 4 aliphatic rings. The molecule has 2 aromatic rings. The first-order valence-electron chi connectivity index (χ1n) is 12.5. The number of pyridine rings is 1. The van der Waals surface area contributed by atoms with Crippen LogP contribution in [-0.2, 0) is 11.3 Å². The lowest BCUT2D eigenvalue weighted by Crippen LogP contribution is -2.41. The maximum atomic E-state index is 10.5. The van der Waals surface area contributed by atoms with Crippen LogP contribution >= 0.6 is 11.8 Å². The minimum atomic E-state index is -0.741. The number of ether oxygens (including phenoxy) is 2. The van der Waals surface area contributed by atoms with E-state index in [1.54, 1.807) is 12.4 Å². The van der Waals surface area contributed by atoms with Gasteiger partial charge in [0.25, 0.3) is 0 Å². The van der Waals surface area contributed by atoms with Crippen LogP contribution in [0.4, 0.5) is 11.6 Å². The van der Waals surface area contributed by atoms with Crippen molar-refractivity contribution in [3.05, 3.63) is 24.2 Å². The maximum absolute atomic E-state index is 10.5. The van der Waals surface area contributed by atoms with Gasteiger partial charge in [-0.1, -0.05) is 11.8 Å². The highest BCUT2D eigenvalue weighted by Gasteiger charge is 2.44. The normalized spacial score (nSPS) is 29.3. The van der Waals surface area contributed by atoms with Crippen LogP contribution in [-0.4, -0.2) is 75.8 Å². The van der Waals surface area contributed by atoms with Crippen LogP contribution in [0.25, 0.3) is 0 Å². The fourth-order valence-corrected chi connectivity index (χ4v) is 6.98. The molecule has 0 amide bonds. The standard InChI is InChI=1S/C25H33N5O4S/c1-16-9-25(15-34-16)4-7-29(8-5-25)22-18(12-31)28-20(11-27-22)35-19-3-6-26-23-21(19)33-13-17-10-24(2,32)14-30(17)23/h3,6,11,16-17,31-32H,4-5,7-10,12-15H2,1-2H3/t16-,17-,24-/m0/s1. The first kappa shape index (κ1) is 23.3. The van der Waals surface area contributed by atoms with Gasteiger partial charge in [0.15, 0.2) is 17.4 Å². The molecule has 2 N–H and O–H groups in total. The van der Waals surface area contributed by atoms with Crippen molar-refractivity contribution in [2.45, 2.75) is 73.8 Å². The molecule has 0 aliphatic carbocycles. The SMILES string of the molecule is C[C@H]1CC2(CCN(c3ncc(Sc4ccnc5c4OC[C@@H]4C[C@](C)(O)CN54)nc3CO)CC2)CO1. The van der Waals surface area contributed by atoms with Gasteiger partial charge in [-0.25, -0.2) is 15.0 Å². The molecule has 2 aromatic heterocycles. The van der Waals surface area contributed by atoms with Gasteiger partial charge < -0.3 is 29.5 Å². The summed E-state index contributed by atoms with van der Waals surface area (Å²) in [5, 5.41) is 21.3. The van der Waals surface area contributed by atoms with E-state index in [2.05, 4.69) is 21.7 Å². The highest BCUT2D eigenvalue weighted by Crippen LogP contribution is 2.46. The van der Waals surface area contributed by atoms with Crippen molar-refractivity contribution in [1.82, 2.24) is 15.0 Å². The van der Waals surface area contributed by atoms with Crippen LogP contribution in [0.5, 0.6) is 5.75 Å². The van der Waals surface area contributed by atoms with Crippen molar-refractivity contribution < 1.29 is 19.7 Å². The van der Waals surface area contributed by atoms with E-state index in [-0.39, 0.29) is 12.6 Å². The number of hydrogen-bond donors (Lipinski definition) is 2. The van der Waals surface area contributed by atoms with Gasteiger partial charge in [-0.3, -0.25) is 0 Å². The monoisotopic (exact) mass is 499 g/mol. The Labute approximate surface area is 209 Å². The van der Waals surface area contributed by atoms with E-state index in [0.717, 1.165) is 61.2 Å². The molecule has 6 rings (SSSR count). The summed E-state index contributed by atoms with van der Waals surface area (Å²) < 4.78 is 12.0. The largest absolute Gasteiger partial charge is 0.486 e. The molecular formula is C25H33N5O4S. The van der Waals surface area contributed by atoms with Gasteiger partial charge in [-0.2, -0.15) is 0 Å². The Morgan fingerprint density at radius 1 is 1.20 bits per heavy atom. The van der Waals surface area contributed by atoms with E-state index < -0.39 is 5.60 Å². The predicted octanol–water partition coefficient (Wildman–Crippen LogP) is 2.63. The first-order chi connectivity index (χ1) is 16.8. The third-order valence-electron chi connectivity index (χ3n) is 7.85. The molecule has 0 radical (unpaired) electrons. The lowest BCUT2D eigenvalue weighted by atomic mass is 9.77. The predicted molar refractivity (Wildman–Crippen MR) is 132 cm³/mol. The van der Waals surface area contributed by atoms with Gasteiger partial charge in [0.2, 0.25) is 0 Å². The Kier molecular flexibility index (Phi) is 5.82. The highest BCUT2D eigenvalue weighted by atomic mass is 32.2. The molecule has 1 spiro atoms. The fraction of sp³-hybridized carbons (Fsp3) is 0.640. The number of aliphatic hydroxyl groups excluding tert-OH is 1. The summed E-state index contributed by atoms with van der Waals surface area (Å²) in [5.74, 6) is 2.26. The number of aromatic nitrogens is 3. The fourth-order valence-electron chi connectivity index (χ4n) is 6.12. The Morgan fingerprint density at radius 2 is 2.03 bits per heavy atom. The van der Waals surface area contributed by atoms with Crippen molar-refractivity contribution in [3.63, 3.8) is 0 Å². The van der Waals surface area contributed by atoms with E-state index in [1.165, 1.54) is 11.8 Å².